The van der Waals surface area contributed by atoms with E-state index >= 15 is 0 Å². The Morgan fingerprint density at radius 1 is 1.19 bits per heavy atom. The summed E-state index contributed by atoms with van der Waals surface area (Å²) in [5.41, 5.74) is 4.48. The van der Waals surface area contributed by atoms with Crippen LogP contribution >= 0.6 is 0 Å². The number of nitrogens with one attached hydrogen (secondary N) is 1. The number of carbonyl (C=O) groups excluding carboxylic acids is 1. The smallest absolute Gasteiger partial charge is 0.290 e. The third-order valence-electron chi connectivity index (χ3n) is 4.46. The molecular weight excluding hydrogens is 346 g/mol. The minimum absolute atomic E-state index is 0.129. The fourth-order valence-corrected chi connectivity index (χ4v) is 3.19. The van der Waals surface area contributed by atoms with Gasteiger partial charge in [-0.25, -0.2) is 4.98 Å². The molecule has 3 aromatic rings. The normalized spacial score (nSPS) is 13.4. The summed E-state index contributed by atoms with van der Waals surface area (Å²) in [4.78, 5) is 40.7. The van der Waals surface area contributed by atoms with Gasteiger partial charge in [0.25, 0.3) is 6.47 Å². The van der Waals surface area contributed by atoms with Gasteiger partial charge in [-0.1, -0.05) is 0 Å². The molecule has 0 atom stereocenters. The van der Waals surface area contributed by atoms with Gasteiger partial charge in [-0.15, -0.1) is 0 Å². The molecule has 0 unspecified atom stereocenters. The van der Waals surface area contributed by atoms with Gasteiger partial charge < -0.3 is 15.0 Å². The van der Waals surface area contributed by atoms with Gasteiger partial charge in [-0.2, -0.15) is 0 Å². The second-order valence-corrected chi connectivity index (χ2v) is 6.22. The summed E-state index contributed by atoms with van der Waals surface area (Å²) < 4.78 is 0. The Morgan fingerprint density at radius 2 is 1.96 bits per heavy atom. The quantitative estimate of drug-likeness (QED) is 0.680. The molecule has 1 aliphatic rings. The number of carbonyl (C=O) groups is 2. The van der Waals surface area contributed by atoms with E-state index < -0.39 is 0 Å². The number of nitrogens with zero attached hydrogens (tertiary/aromatic N) is 2. The van der Waals surface area contributed by atoms with Crippen LogP contribution < -0.4 is 10.5 Å². The van der Waals surface area contributed by atoms with Crippen LogP contribution in [-0.4, -0.2) is 34.0 Å². The predicted molar refractivity (Wildman–Crippen MR) is 103 cm³/mol. The second kappa shape index (κ2) is 7.82. The molecule has 2 aromatic heterocycles. The molecule has 1 aliphatic heterocycles. The predicted octanol–water partition coefficient (Wildman–Crippen LogP) is 2.73. The van der Waals surface area contributed by atoms with Crippen molar-refractivity contribution in [2.75, 3.05) is 11.4 Å². The second-order valence-electron chi connectivity index (χ2n) is 6.22. The van der Waals surface area contributed by atoms with E-state index in [1.165, 1.54) is 6.07 Å². The van der Waals surface area contributed by atoms with Gasteiger partial charge in [-0.3, -0.25) is 14.4 Å². The average Bonchev–Trinajstić information content (AvgIpc) is 3.09. The number of amides is 1. The van der Waals surface area contributed by atoms with Crippen molar-refractivity contribution < 1.29 is 14.7 Å². The highest BCUT2D eigenvalue weighted by Crippen LogP contribution is 2.29. The van der Waals surface area contributed by atoms with Crippen molar-refractivity contribution in [2.45, 2.75) is 19.8 Å². The number of hydrogen-bond acceptors (Lipinski definition) is 4. The summed E-state index contributed by atoms with van der Waals surface area (Å²) >= 11 is 0. The molecule has 0 aliphatic carbocycles. The van der Waals surface area contributed by atoms with E-state index in [2.05, 4.69) is 4.98 Å². The van der Waals surface area contributed by atoms with Crippen molar-refractivity contribution in [3.63, 3.8) is 0 Å². The Hall–Kier alpha value is -3.48. The Morgan fingerprint density at radius 3 is 2.59 bits per heavy atom. The van der Waals surface area contributed by atoms with Crippen LogP contribution in [0.5, 0.6) is 0 Å². The average molecular weight is 365 g/mol. The number of carboxylic acid groups (broad SMARTS) is 1. The highest BCUT2D eigenvalue weighted by Gasteiger charge is 2.22. The van der Waals surface area contributed by atoms with E-state index in [-0.39, 0.29) is 17.9 Å². The first-order chi connectivity index (χ1) is 13.0. The summed E-state index contributed by atoms with van der Waals surface area (Å²) in [5.74, 6) is 0.185. The van der Waals surface area contributed by atoms with Crippen LogP contribution in [0.3, 0.4) is 0 Å². The summed E-state index contributed by atoms with van der Waals surface area (Å²) in [7, 11) is 0. The molecule has 1 fully saturated rings. The molecule has 0 spiro atoms. The highest BCUT2D eigenvalue weighted by atomic mass is 16.3. The molecule has 0 radical (unpaired) electrons. The number of aromatic nitrogens is 2. The van der Waals surface area contributed by atoms with Crippen LogP contribution in [0, 0.1) is 6.92 Å². The van der Waals surface area contributed by atoms with Gasteiger partial charge in [0.05, 0.1) is 11.2 Å². The lowest BCUT2D eigenvalue weighted by molar-refractivity contribution is -0.123. The number of pyridine rings is 2. The van der Waals surface area contributed by atoms with Crippen molar-refractivity contribution in [1.29, 1.82) is 0 Å². The van der Waals surface area contributed by atoms with Crippen LogP contribution in [0.4, 0.5) is 5.69 Å². The molecule has 7 heteroatoms. The number of rotatable bonds is 2. The molecule has 7 nitrogen and oxygen atoms in total. The van der Waals surface area contributed by atoms with Crippen molar-refractivity contribution in [1.82, 2.24) is 9.97 Å². The van der Waals surface area contributed by atoms with E-state index in [9.17, 15) is 9.59 Å². The van der Waals surface area contributed by atoms with Crippen LogP contribution in [-0.2, 0) is 9.59 Å². The van der Waals surface area contributed by atoms with Crippen LogP contribution in [0.1, 0.15) is 18.4 Å². The SMILES string of the molecule is Cc1cc(-c2ccc(=O)[nH]c2)nc2ccc(N3CCCC3=O)cc12.O=CO. The molecule has 1 saturated heterocycles. The summed E-state index contributed by atoms with van der Waals surface area (Å²) in [6.07, 6.45) is 3.22. The monoisotopic (exact) mass is 365 g/mol. The third kappa shape index (κ3) is 3.87. The van der Waals surface area contributed by atoms with Crippen molar-refractivity contribution in [2.24, 2.45) is 0 Å². The molecular formula is C20H19N3O4. The maximum Gasteiger partial charge on any atom is 0.290 e. The minimum Gasteiger partial charge on any atom is -0.483 e. The fraction of sp³-hybridized carbons (Fsp3) is 0.200. The van der Waals surface area contributed by atoms with Gasteiger partial charge in [0.2, 0.25) is 11.5 Å². The first kappa shape index (κ1) is 18.3. The Labute approximate surface area is 155 Å². The van der Waals surface area contributed by atoms with Crippen molar-refractivity contribution in [3.8, 4) is 11.3 Å². The van der Waals surface area contributed by atoms with Gasteiger partial charge in [-0.05, 0) is 49.2 Å². The zero-order chi connectivity index (χ0) is 19.4. The lowest BCUT2D eigenvalue weighted by Gasteiger charge is -2.17. The van der Waals surface area contributed by atoms with E-state index in [0.29, 0.717) is 6.42 Å². The maximum atomic E-state index is 11.9. The van der Waals surface area contributed by atoms with Gasteiger partial charge in [0.1, 0.15) is 0 Å². The van der Waals surface area contributed by atoms with Crippen LogP contribution in [0.2, 0.25) is 0 Å². The van der Waals surface area contributed by atoms with Gasteiger partial charge in [0, 0.05) is 41.9 Å². The first-order valence-corrected chi connectivity index (χ1v) is 8.52. The van der Waals surface area contributed by atoms with Crippen molar-refractivity contribution >= 4 is 29.0 Å². The first-order valence-electron chi connectivity index (χ1n) is 8.52. The maximum absolute atomic E-state index is 11.9. The Kier molecular flexibility index (Phi) is 5.30. The highest BCUT2D eigenvalue weighted by molar-refractivity contribution is 5.98. The third-order valence-corrected chi connectivity index (χ3v) is 4.46. The van der Waals surface area contributed by atoms with Gasteiger partial charge >= 0.3 is 0 Å². The largest absolute Gasteiger partial charge is 0.483 e. The standard InChI is InChI=1S/C19H17N3O2.CH2O2/c1-12-9-17(13-4-7-18(23)20-11-13)21-16-6-5-14(10-15(12)16)22-8-2-3-19(22)24;2-1-3/h4-7,9-11H,2-3,8H2,1H3,(H,20,23);1H,(H,2,3). The zero-order valence-corrected chi connectivity index (χ0v) is 14.8. The summed E-state index contributed by atoms with van der Waals surface area (Å²) in [5, 5.41) is 7.93. The zero-order valence-electron chi connectivity index (χ0n) is 14.8. The molecule has 1 amide bonds. The molecule has 138 valence electrons. The fourth-order valence-electron chi connectivity index (χ4n) is 3.19. The Balaban J connectivity index is 0.000000659. The molecule has 2 N–H and O–H groups in total. The lowest BCUT2D eigenvalue weighted by atomic mass is 10.1. The van der Waals surface area contributed by atoms with E-state index in [1.54, 1.807) is 12.3 Å². The Bertz CT molecular complexity index is 1040. The number of hydrogen-bond donors (Lipinski definition) is 2. The van der Waals surface area contributed by atoms with E-state index in [4.69, 9.17) is 14.9 Å². The molecule has 3 heterocycles. The minimum atomic E-state index is -0.250. The molecule has 27 heavy (non-hydrogen) atoms. The topological polar surface area (TPSA) is 103 Å². The number of fused-ring (bicyclic) bond motifs is 1. The molecule has 0 saturated carbocycles. The molecule has 1 aromatic carbocycles. The number of aromatic amines is 1. The van der Waals surface area contributed by atoms with Crippen LogP contribution in [0.25, 0.3) is 22.2 Å². The number of aryl methyl sites for hydroxylation is 1. The van der Waals surface area contributed by atoms with E-state index in [1.807, 2.05) is 36.1 Å². The van der Waals surface area contributed by atoms with Crippen molar-refractivity contribution in [3.05, 3.63) is 58.5 Å². The van der Waals surface area contributed by atoms with Gasteiger partial charge in [0.15, 0.2) is 0 Å². The summed E-state index contributed by atoms with van der Waals surface area (Å²) in [6.45, 7) is 2.57. The summed E-state index contributed by atoms with van der Waals surface area (Å²) in [6, 6.07) is 11.2. The van der Waals surface area contributed by atoms with E-state index in [0.717, 1.165) is 46.4 Å². The molecule has 0 bridgehead atoms. The number of benzene rings is 1. The lowest BCUT2D eigenvalue weighted by Crippen LogP contribution is -2.23. The number of H-pyrrole nitrogens is 1. The van der Waals surface area contributed by atoms with Crippen LogP contribution in [0.15, 0.2) is 47.4 Å². The number of anilines is 1. The molecule has 4 rings (SSSR count).